The van der Waals surface area contributed by atoms with Crippen molar-refractivity contribution in [3.8, 4) is 0 Å². The minimum atomic E-state index is -2.17. The van der Waals surface area contributed by atoms with Gasteiger partial charge >= 0.3 is 5.97 Å². The van der Waals surface area contributed by atoms with Gasteiger partial charge in [0.05, 0.1) is 0 Å². The Balaban J connectivity index is 2.96. The number of hydrogen-bond acceptors (Lipinski definition) is 3. The van der Waals surface area contributed by atoms with E-state index in [-0.39, 0.29) is 0 Å². The van der Waals surface area contributed by atoms with E-state index in [4.69, 9.17) is 5.11 Å². The summed E-state index contributed by atoms with van der Waals surface area (Å²) in [5, 5.41) is 27.7. The minimum absolute atomic E-state index is 0.375. The zero-order valence-electron chi connectivity index (χ0n) is 7.71. The summed E-state index contributed by atoms with van der Waals surface area (Å²) in [6.07, 6.45) is -1.43. The Hall–Kier alpha value is -1.39. The predicted molar refractivity (Wildman–Crippen MR) is 49.7 cm³/mol. The van der Waals surface area contributed by atoms with Crippen LogP contribution in [0, 0.1) is 0 Å². The van der Waals surface area contributed by atoms with Crippen LogP contribution in [-0.2, 0) is 4.79 Å². The van der Waals surface area contributed by atoms with Crippen LogP contribution in [0.5, 0.6) is 0 Å². The topological polar surface area (TPSA) is 77.8 Å². The summed E-state index contributed by atoms with van der Waals surface area (Å²) in [6, 6.07) is 8.18. The van der Waals surface area contributed by atoms with Crippen LogP contribution in [0.3, 0.4) is 0 Å². The smallest absolute Gasteiger partial charge is 0.338 e. The van der Waals surface area contributed by atoms with Crippen molar-refractivity contribution in [1.29, 1.82) is 0 Å². The fourth-order valence-electron chi connectivity index (χ4n) is 1.08. The number of benzene rings is 1. The van der Waals surface area contributed by atoms with Crippen molar-refractivity contribution >= 4 is 5.97 Å². The fourth-order valence-corrected chi connectivity index (χ4v) is 1.08. The molecule has 0 bridgehead atoms. The second-order valence-electron chi connectivity index (χ2n) is 3.27. The number of carboxylic acid groups (broad SMARTS) is 1. The molecule has 0 saturated heterocycles. The molecule has 0 heterocycles. The number of rotatable bonds is 3. The van der Waals surface area contributed by atoms with Crippen LogP contribution in [-0.4, -0.2) is 26.9 Å². The summed E-state index contributed by atoms with van der Waals surface area (Å²) in [4.78, 5) is 10.6. The van der Waals surface area contributed by atoms with Crippen molar-refractivity contribution in [3.63, 3.8) is 0 Å². The number of carboxylic acids is 1. The average Bonchev–Trinajstić information content (AvgIpc) is 2.17. The van der Waals surface area contributed by atoms with E-state index in [1.54, 1.807) is 30.3 Å². The molecule has 4 heteroatoms. The highest BCUT2D eigenvalue weighted by Gasteiger charge is 2.39. The van der Waals surface area contributed by atoms with Crippen LogP contribution in [0.15, 0.2) is 30.3 Å². The lowest BCUT2D eigenvalue weighted by atomic mass is 9.93. The Morgan fingerprint density at radius 2 is 1.86 bits per heavy atom. The molecule has 0 radical (unpaired) electrons. The van der Waals surface area contributed by atoms with Crippen LogP contribution >= 0.6 is 0 Å². The molecule has 0 spiro atoms. The van der Waals surface area contributed by atoms with Crippen LogP contribution < -0.4 is 0 Å². The number of carbonyl (C=O) groups is 1. The molecule has 76 valence electrons. The maximum absolute atomic E-state index is 10.6. The van der Waals surface area contributed by atoms with Gasteiger partial charge in [0, 0.05) is 0 Å². The van der Waals surface area contributed by atoms with Gasteiger partial charge in [-0.3, -0.25) is 0 Å². The van der Waals surface area contributed by atoms with Crippen molar-refractivity contribution in [2.45, 2.75) is 18.6 Å². The summed E-state index contributed by atoms with van der Waals surface area (Å²) in [7, 11) is 0. The first-order chi connectivity index (χ1) is 6.46. The van der Waals surface area contributed by atoms with E-state index in [1.807, 2.05) is 0 Å². The quantitative estimate of drug-likeness (QED) is 0.660. The van der Waals surface area contributed by atoms with Crippen LogP contribution in [0.2, 0.25) is 0 Å². The Kier molecular flexibility index (Phi) is 2.88. The van der Waals surface area contributed by atoms with Crippen molar-refractivity contribution in [3.05, 3.63) is 35.9 Å². The lowest BCUT2D eigenvalue weighted by Crippen LogP contribution is -2.41. The predicted octanol–water partition coefficient (Wildman–Crippen LogP) is 0.556. The normalized spacial score (nSPS) is 17.1. The molecule has 1 aromatic rings. The monoisotopic (exact) mass is 196 g/mol. The molecular formula is C10H12O4. The van der Waals surface area contributed by atoms with Crippen molar-refractivity contribution in [2.75, 3.05) is 0 Å². The zero-order chi connectivity index (χ0) is 10.8. The number of aliphatic carboxylic acids is 1. The maximum atomic E-state index is 10.6. The molecule has 0 fully saturated rings. The van der Waals surface area contributed by atoms with Gasteiger partial charge in [0.1, 0.15) is 6.10 Å². The third kappa shape index (κ3) is 1.92. The maximum Gasteiger partial charge on any atom is 0.338 e. The Morgan fingerprint density at radius 1 is 1.36 bits per heavy atom. The molecule has 0 aliphatic heterocycles. The van der Waals surface area contributed by atoms with Crippen LogP contribution in [0.4, 0.5) is 0 Å². The van der Waals surface area contributed by atoms with Crippen molar-refractivity contribution < 1.29 is 20.1 Å². The van der Waals surface area contributed by atoms with Gasteiger partial charge < -0.3 is 15.3 Å². The van der Waals surface area contributed by atoms with Gasteiger partial charge in [-0.1, -0.05) is 30.3 Å². The van der Waals surface area contributed by atoms with Gasteiger partial charge in [-0.05, 0) is 12.5 Å². The highest BCUT2D eigenvalue weighted by molar-refractivity contribution is 5.77. The second-order valence-corrected chi connectivity index (χ2v) is 3.27. The lowest BCUT2D eigenvalue weighted by molar-refractivity contribution is -0.169. The molecule has 0 aromatic heterocycles. The first-order valence-corrected chi connectivity index (χ1v) is 4.15. The summed E-state index contributed by atoms with van der Waals surface area (Å²) in [5.74, 6) is -1.45. The number of aliphatic hydroxyl groups is 2. The molecular weight excluding hydrogens is 184 g/mol. The van der Waals surface area contributed by atoms with E-state index in [1.165, 1.54) is 0 Å². The molecule has 1 aromatic carbocycles. The molecule has 4 nitrogen and oxygen atoms in total. The molecule has 14 heavy (non-hydrogen) atoms. The van der Waals surface area contributed by atoms with Gasteiger partial charge in [0.15, 0.2) is 5.60 Å². The first kappa shape index (κ1) is 10.7. The molecule has 3 N–H and O–H groups in total. The summed E-state index contributed by atoms with van der Waals surface area (Å²) in [5.41, 5.74) is -1.79. The minimum Gasteiger partial charge on any atom is -0.479 e. The second kappa shape index (κ2) is 3.77. The third-order valence-electron chi connectivity index (χ3n) is 2.08. The van der Waals surface area contributed by atoms with E-state index in [0.717, 1.165) is 6.92 Å². The van der Waals surface area contributed by atoms with Gasteiger partial charge in [-0.25, -0.2) is 4.79 Å². The molecule has 0 aliphatic rings. The van der Waals surface area contributed by atoms with Crippen molar-refractivity contribution in [2.24, 2.45) is 0 Å². The SMILES string of the molecule is C[C@](O)(C(=O)O)[C@@H](O)c1ccccc1. The third-order valence-corrected chi connectivity index (χ3v) is 2.08. The van der Waals surface area contributed by atoms with E-state index >= 15 is 0 Å². The molecule has 0 unspecified atom stereocenters. The van der Waals surface area contributed by atoms with Gasteiger partial charge in [0.2, 0.25) is 0 Å². The molecule has 2 atom stereocenters. The highest BCUT2D eigenvalue weighted by atomic mass is 16.4. The number of hydrogen-bond donors (Lipinski definition) is 3. The number of aliphatic hydroxyl groups excluding tert-OH is 1. The summed E-state index contributed by atoms with van der Waals surface area (Å²) in [6.45, 7) is 1.06. The Bertz CT molecular complexity index is 318. The standard InChI is InChI=1S/C10H12O4/c1-10(14,9(12)13)8(11)7-5-3-2-4-6-7/h2-6,8,11,14H,1H3,(H,12,13)/t8-,10+/m0/s1. The van der Waals surface area contributed by atoms with E-state index in [0.29, 0.717) is 5.56 Å². The fraction of sp³-hybridized carbons (Fsp3) is 0.300. The lowest BCUT2D eigenvalue weighted by Gasteiger charge is -2.24. The first-order valence-electron chi connectivity index (χ1n) is 4.15. The zero-order valence-corrected chi connectivity index (χ0v) is 7.71. The summed E-state index contributed by atoms with van der Waals surface area (Å²) >= 11 is 0. The van der Waals surface area contributed by atoms with Crippen LogP contribution in [0.1, 0.15) is 18.6 Å². The van der Waals surface area contributed by atoms with Crippen molar-refractivity contribution in [1.82, 2.24) is 0 Å². The van der Waals surface area contributed by atoms with Crippen LogP contribution in [0.25, 0.3) is 0 Å². The van der Waals surface area contributed by atoms with Gasteiger partial charge in [0.25, 0.3) is 0 Å². The highest BCUT2D eigenvalue weighted by Crippen LogP contribution is 2.25. The molecule has 0 aliphatic carbocycles. The van der Waals surface area contributed by atoms with E-state index in [2.05, 4.69) is 0 Å². The van der Waals surface area contributed by atoms with Gasteiger partial charge in [-0.2, -0.15) is 0 Å². The molecule has 0 amide bonds. The van der Waals surface area contributed by atoms with E-state index < -0.39 is 17.7 Å². The Morgan fingerprint density at radius 3 is 2.29 bits per heavy atom. The summed E-state index contributed by atoms with van der Waals surface area (Å²) < 4.78 is 0. The molecule has 0 saturated carbocycles. The largest absolute Gasteiger partial charge is 0.479 e. The Labute approximate surface area is 81.4 Å². The average molecular weight is 196 g/mol. The van der Waals surface area contributed by atoms with E-state index in [9.17, 15) is 15.0 Å². The van der Waals surface area contributed by atoms with Gasteiger partial charge in [-0.15, -0.1) is 0 Å². The molecule has 1 rings (SSSR count).